The third-order valence-corrected chi connectivity index (χ3v) is 6.14. The highest BCUT2D eigenvalue weighted by Gasteiger charge is 2.20. The Labute approximate surface area is 167 Å². The van der Waals surface area contributed by atoms with E-state index in [0.29, 0.717) is 18.8 Å². The van der Waals surface area contributed by atoms with E-state index in [0.717, 1.165) is 24.3 Å². The number of hydrogen-bond donors (Lipinski definition) is 2. The molecule has 0 radical (unpaired) electrons. The lowest BCUT2D eigenvalue weighted by Gasteiger charge is -2.19. The summed E-state index contributed by atoms with van der Waals surface area (Å²) in [6.07, 6.45) is 1.45. The zero-order valence-corrected chi connectivity index (χ0v) is 17.0. The molecule has 1 aliphatic heterocycles. The van der Waals surface area contributed by atoms with E-state index in [2.05, 4.69) is 22.2 Å². The molecule has 1 atom stereocenters. The van der Waals surface area contributed by atoms with Gasteiger partial charge >= 0.3 is 0 Å². The first-order valence-electron chi connectivity index (χ1n) is 9.71. The van der Waals surface area contributed by atoms with Crippen LogP contribution in [0.15, 0.2) is 48.5 Å². The van der Waals surface area contributed by atoms with Crippen molar-refractivity contribution in [2.45, 2.75) is 25.8 Å². The van der Waals surface area contributed by atoms with Crippen molar-refractivity contribution < 1.29 is 17.9 Å². The number of fused-ring (bicyclic) bond motifs is 1. The van der Waals surface area contributed by atoms with Crippen LogP contribution in [0.3, 0.4) is 0 Å². The number of rotatable bonds is 9. The van der Waals surface area contributed by atoms with Gasteiger partial charge in [-0.2, -0.15) is 0 Å². The fourth-order valence-corrected chi connectivity index (χ4v) is 4.34. The quantitative estimate of drug-likeness (QED) is 0.629. The first kappa shape index (κ1) is 20.6. The summed E-state index contributed by atoms with van der Waals surface area (Å²) in [5.74, 6) is 1.71. The summed E-state index contributed by atoms with van der Waals surface area (Å²) in [4.78, 5) is 0. The first-order chi connectivity index (χ1) is 13.6. The Balaban J connectivity index is 1.65. The monoisotopic (exact) mass is 404 g/mol. The van der Waals surface area contributed by atoms with Crippen LogP contribution in [0.4, 0.5) is 0 Å². The van der Waals surface area contributed by atoms with Crippen LogP contribution in [0.2, 0.25) is 0 Å². The largest absolute Gasteiger partial charge is 0.492 e. The molecule has 0 saturated heterocycles. The third-order valence-electron chi connectivity index (χ3n) is 4.56. The van der Waals surface area contributed by atoms with Gasteiger partial charge in [0.2, 0.25) is 10.0 Å². The molecule has 0 spiro atoms. The molecule has 2 aromatic carbocycles. The van der Waals surface area contributed by atoms with Gasteiger partial charge in [-0.05, 0) is 36.6 Å². The average molecular weight is 405 g/mol. The van der Waals surface area contributed by atoms with Crippen molar-refractivity contribution in [3.63, 3.8) is 0 Å². The van der Waals surface area contributed by atoms with Crippen molar-refractivity contribution in [1.29, 1.82) is 0 Å². The molecule has 1 aliphatic rings. The van der Waals surface area contributed by atoms with Crippen LogP contribution in [0.25, 0.3) is 0 Å². The van der Waals surface area contributed by atoms with E-state index in [4.69, 9.17) is 9.47 Å². The molecular formula is C21H28N2O4S. The second-order valence-corrected chi connectivity index (χ2v) is 8.73. The molecule has 0 amide bonds. The molecule has 0 saturated carbocycles. The van der Waals surface area contributed by atoms with Crippen LogP contribution in [-0.2, 0) is 16.4 Å². The SMILES string of the molecule is CCCS(=O)(=O)NCCOc1ccc2c(c1)C(Cc1ccccc1)NCCO2. The normalized spacial score (nSPS) is 16.7. The van der Waals surface area contributed by atoms with Gasteiger partial charge in [-0.3, -0.25) is 0 Å². The van der Waals surface area contributed by atoms with Crippen molar-refractivity contribution in [3.8, 4) is 11.5 Å². The summed E-state index contributed by atoms with van der Waals surface area (Å²) in [7, 11) is -3.21. The maximum Gasteiger partial charge on any atom is 0.211 e. The molecule has 2 aromatic rings. The number of benzene rings is 2. The second-order valence-electron chi connectivity index (χ2n) is 6.81. The molecule has 6 nitrogen and oxygen atoms in total. The average Bonchev–Trinajstić information content (AvgIpc) is 2.88. The molecule has 2 N–H and O–H groups in total. The zero-order chi connectivity index (χ0) is 19.8. The molecule has 152 valence electrons. The van der Waals surface area contributed by atoms with E-state index in [1.54, 1.807) is 0 Å². The van der Waals surface area contributed by atoms with Crippen molar-refractivity contribution in [2.75, 3.05) is 32.1 Å². The highest BCUT2D eigenvalue weighted by atomic mass is 32.2. The van der Waals surface area contributed by atoms with E-state index in [1.165, 1.54) is 5.56 Å². The van der Waals surface area contributed by atoms with Gasteiger partial charge in [-0.15, -0.1) is 0 Å². The Morgan fingerprint density at radius 2 is 2.04 bits per heavy atom. The summed E-state index contributed by atoms with van der Waals surface area (Å²) < 4.78 is 37.6. The molecule has 3 rings (SSSR count). The number of sulfonamides is 1. The van der Waals surface area contributed by atoms with Crippen LogP contribution < -0.4 is 19.5 Å². The maximum absolute atomic E-state index is 11.7. The Morgan fingerprint density at radius 3 is 2.82 bits per heavy atom. The lowest BCUT2D eigenvalue weighted by Crippen LogP contribution is -2.30. The van der Waals surface area contributed by atoms with Gasteiger partial charge in [0.1, 0.15) is 24.7 Å². The lowest BCUT2D eigenvalue weighted by molar-refractivity contribution is 0.316. The van der Waals surface area contributed by atoms with Gasteiger partial charge in [-0.25, -0.2) is 13.1 Å². The number of hydrogen-bond acceptors (Lipinski definition) is 5. The summed E-state index contributed by atoms with van der Waals surface area (Å²) >= 11 is 0. The van der Waals surface area contributed by atoms with E-state index in [-0.39, 0.29) is 24.9 Å². The van der Waals surface area contributed by atoms with Gasteiger partial charge in [0.25, 0.3) is 0 Å². The minimum atomic E-state index is -3.21. The van der Waals surface area contributed by atoms with Crippen LogP contribution in [0, 0.1) is 0 Å². The second kappa shape index (κ2) is 9.91. The number of nitrogens with one attached hydrogen (secondary N) is 2. The predicted molar refractivity (Wildman–Crippen MR) is 110 cm³/mol. The molecule has 28 heavy (non-hydrogen) atoms. The smallest absolute Gasteiger partial charge is 0.211 e. The summed E-state index contributed by atoms with van der Waals surface area (Å²) in [5.41, 5.74) is 2.31. The molecule has 1 unspecified atom stereocenters. The van der Waals surface area contributed by atoms with Gasteiger partial charge in [-0.1, -0.05) is 37.3 Å². The molecule has 7 heteroatoms. The van der Waals surface area contributed by atoms with Crippen LogP contribution >= 0.6 is 0 Å². The molecule has 0 bridgehead atoms. The topological polar surface area (TPSA) is 76.7 Å². The van der Waals surface area contributed by atoms with Gasteiger partial charge in [0, 0.05) is 24.7 Å². The molecular weight excluding hydrogens is 376 g/mol. The lowest BCUT2D eigenvalue weighted by atomic mass is 9.98. The van der Waals surface area contributed by atoms with Gasteiger partial charge < -0.3 is 14.8 Å². The van der Waals surface area contributed by atoms with Crippen molar-refractivity contribution in [2.24, 2.45) is 0 Å². The highest BCUT2D eigenvalue weighted by Crippen LogP contribution is 2.32. The Hall–Kier alpha value is -2.09. The standard InChI is InChI=1S/C21H28N2O4S/c1-2-14-28(24,25)23-11-13-26-18-8-9-21-19(16-18)20(22-10-12-27-21)15-17-6-4-3-5-7-17/h3-9,16,20,22-23H,2,10-15H2,1H3. The Morgan fingerprint density at radius 1 is 1.21 bits per heavy atom. The molecule has 0 aliphatic carbocycles. The van der Waals surface area contributed by atoms with Crippen LogP contribution in [0.5, 0.6) is 11.5 Å². The molecule has 1 heterocycles. The van der Waals surface area contributed by atoms with Gasteiger partial charge in [0.15, 0.2) is 0 Å². The summed E-state index contributed by atoms with van der Waals surface area (Å²) in [6, 6.07) is 16.3. The first-order valence-corrected chi connectivity index (χ1v) is 11.4. The van der Waals surface area contributed by atoms with E-state index in [9.17, 15) is 8.42 Å². The number of ether oxygens (including phenoxy) is 2. The van der Waals surface area contributed by atoms with E-state index >= 15 is 0 Å². The van der Waals surface area contributed by atoms with Gasteiger partial charge in [0.05, 0.1) is 5.75 Å². The highest BCUT2D eigenvalue weighted by molar-refractivity contribution is 7.89. The molecule has 0 aromatic heterocycles. The van der Waals surface area contributed by atoms with Crippen LogP contribution in [0.1, 0.15) is 30.5 Å². The Kier molecular flexibility index (Phi) is 7.30. The zero-order valence-electron chi connectivity index (χ0n) is 16.2. The predicted octanol–water partition coefficient (Wildman–Crippen LogP) is 2.66. The van der Waals surface area contributed by atoms with Crippen molar-refractivity contribution in [1.82, 2.24) is 10.0 Å². The maximum atomic E-state index is 11.7. The van der Waals surface area contributed by atoms with Crippen molar-refractivity contribution >= 4 is 10.0 Å². The summed E-state index contributed by atoms with van der Waals surface area (Å²) in [5, 5.41) is 3.54. The molecule has 0 fully saturated rings. The van der Waals surface area contributed by atoms with Crippen molar-refractivity contribution in [3.05, 3.63) is 59.7 Å². The van der Waals surface area contributed by atoms with E-state index < -0.39 is 10.0 Å². The fraction of sp³-hybridized carbons (Fsp3) is 0.429. The fourth-order valence-electron chi connectivity index (χ4n) is 3.26. The van der Waals surface area contributed by atoms with E-state index in [1.807, 2.05) is 43.3 Å². The minimum Gasteiger partial charge on any atom is -0.492 e. The third kappa shape index (κ3) is 5.95. The van der Waals surface area contributed by atoms with Crippen LogP contribution in [-0.4, -0.2) is 40.5 Å². The Bertz CT molecular complexity index is 856. The minimum absolute atomic E-state index is 0.131. The summed E-state index contributed by atoms with van der Waals surface area (Å²) in [6.45, 7) is 3.77.